The first-order valence-corrected chi connectivity index (χ1v) is 6.59. The van der Waals surface area contributed by atoms with Gasteiger partial charge in [0, 0.05) is 6.54 Å². The molecule has 0 radical (unpaired) electrons. The number of aliphatic hydroxyl groups excluding tert-OH is 1. The van der Waals surface area contributed by atoms with Gasteiger partial charge in [0.25, 0.3) is 5.91 Å². The summed E-state index contributed by atoms with van der Waals surface area (Å²) >= 11 is 0. The van der Waals surface area contributed by atoms with Crippen LogP contribution in [-0.2, 0) is 4.79 Å². The van der Waals surface area contributed by atoms with Crippen LogP contribution in [0.15, 0.2) is 24.3 Å². The molecule has 5 heteroatoms. The Labute approximate surface area is 119 Å². The molecular weight excluding hydrogens is 256 g/mol. The molecule has 5 nitrogen and oxygen atoms in total. The summed E-state index contributed by atoms with van der Waals surface area (Å²) in [4.78, 5) is 11.6. The van der Waals surface area contributed by atoms with Crippen LogP contribution in [0.5, 0.6) is 5.75 Å². The van der Waals surface area contributed by atoms with Crippen molar-refractivity contribution in [3.8, 4) is 11.8 Å². The Bertz CT molecular complexity index is 480. The van der Waals surface area contributed by atoms with Crippen LogP contribution in [0.4, 0.5) is 0 Å². The predicted molar refractivity (Wildman–Crippen MR) is 75.1 cm³/mol. The molecule has 0 fully saturated rings. The molecule has 1 atom stereocenters. The normalized spacial score (nSPS) is 11.8. The number of hydrogen-bond donors (Lipinski definition) is 2. The fourth-order valence-electron chi connectivity index (χ4n) is 1.74. The summed E-state index contributed by atoms with van der Waals surface area (Å²) in [6.45, 7) is 4.05. The van der Waals surface area contributed by atoms with Crippen molar-refractivity contribution in [2.24, 2.45) is 5.92 Å². The molecule has 0 heterocycles. The van der Waals surface area contributed by atoms with Gasteiger partial charge in [-0.1, -0.05) is 26.0 Å². The van der Waals surface area contributed by atoms with Crippen LogP contribution in [0, 0.1) is 17.2 Å². The number of hydrogen-bond acceptors (Lipinski definition) is 4. The van der Waals surface area contributed by atoms with E-state index >= 15 is 0 Å². The first-order valence-electron chi connectivity index (χ1n) is 6.59. The Kier molecular flexibility index (Phi) is 6.54. The minimum Gasteiger partial charge on any atom is -0.482 e. The third kappa shape index (κ3) is 5.72. The molecule has 20 heavy (non-hydrogen) atoms. The van der Waals surface area contributed by atoms with E-state index in [1.54, 1.807) is 24.3 Å². The number of rotatable bonds is 7. The van der Waals surface area contributed by atoms with Crippen molar-refractivity contribution in [3.63, 3.8) is 0 Å². The molecule has 1 aromatic carbocycles. The molecule has 0 spiro atoms. The van der Waals surface area contributed by atoms with Gasteiger partial charge in [0.2, 0.25) is 0 Å². The molecule has 0 saturated carbocycles. The maximum absolute atomic E-state index is 11.6. The van der Waals surface area contributed by atoms with Gasteiger partial charge < -0.3 is 15.2 Å². The lowest BCUT2D eigenvalue weighted by Gasteiger charge is -2.14. The highest BCUT2D eigenvalue weighted by Crippen LogP contribution is 2.16. The minimum absolute atomic E-state index is 0.174. The number of nitrogens with one attached hydrogen (secondary N) is 1. The third-order valence-electron chi connectivity index (χ3n) is 2.64. The Morgan fingerprint density at radius 2 is 2.15 bits per heavy atom. The van der Waals surface area contributed by atoms with Crippen LogP contribution in [0.25, 0.3) is 0 Å². The number of para-hydroxylation sites is 1. The molecule has 0 aromatic heterocycles. The molecule has 1 rings (SSSR count). The lowest BCUT2D eigenvalue weighted by molar-refractivity contribution is -0.123. The quantitative estimate of drug-likeness (QED) is 0.790. The van der Waals surface area contributed by atoms with E-state index in [2.05, 4.69) is 5.32 Å². The van der Waals surface area contributed by atoms with Crippen molar-refractivity contribution >= 4 is 5.91 Å². The molecule has 0 aliphatic heterocycles. The second-order valence-electron chi connectivity index (χ2n) is 4.98. The van der Waals surface area contributed by atoms with Crippen molar-refractivity contribution in [1.82, 2.24) is 5.32 Å². The largest absolute Gasteiger partial charge is 0.482 e. The highest BCUT2D eigenvalue weighted by molar-refractivity contribution is 5.77. The van der Waals surface area contributed by atoms with Crippen LogP contribution >= 0.6 is 0 Å². The first kappa shape index (κ1) is 16.0. The number of carbonyl (C=O) groups is 1. The highest BCUT2D eigenvalue weighted by atomic mass is 16.5. The molecule has 2 N–H and O–H groups in total. The molecule has 0 aliphatic rings. The Morgan fingerprint density at radius 1 is 1.45 bits per heavy atom. The van der Waals surface area contributed by atoms with Crippen molar-refractivity contribution in [3.05, 3.63) is 29.8 Å². The number of benzene rings is 1. The van der Waals surface area contributed by atoms with Crippen molar-refractivity contribution in [1.29, 1.82) is 5.26 Å². The van der Waals surface area contributed by atoms with Gasteiger partial charge in [-0.2, -0.15) is 5.26 Å². The molecule has 1 aromatic rings. The second-order valence-corrected chi connectivity index (χ2v) is 4.98. The minimum atomic E-state index is -0.551. The van der Waals surface area contributed by atoms with Crippen molar-refractivity contribution in [2.75, 3.05) is 13.2 Å². The van der Waals surface area contributed by atoms with E-state index in [4.69, 9.17) is 10.00 Å². The van der Waals surface area contributed by atoms with Gasteiger partial charge in [-0.15, -0.1) is 0 Å². The van der Waals surface area contributed by atoms with Crippen LogP contribution in [0.2, 0.25) is 0 Å². The Hall–Kier alpha value is -2.06. The Balaban J connectivity index is 2.35. The molecule has 0 aliphatic carbocycles. The fourth-order valence-corrected chi connectivity index (χ4v) is 1.74. The topological polar surface area (TPSA) is 82.3 Å². The summed E-state index contributed by atoms with van der Waals surface area (Å²) in [5, 5.41) is 21.1. The van der Waals surface area contributed by atoms with Crippen LogP contribution < -0.4 is 10.1 Å². The smallest absolute Gasteiger partial charge is 0.258 e. The van der Waals surface area contributed by atoms with E-state index in [1.165, 1.54) is 0 Å². The summed E-state index contributed by atoms with van der Waals surface area (Å²) in [5.41, 5.74) is 0.389. The van der Waals surface area contributed by atoms with Crippen LogP contribution in [-0.4, -0.2) is 30.3 Å². The standard InChI is InChI=1S/C15H20N2O3/c1-11(2)7-13(18)9-17-15(19)10-20-14-6-4-3-5-12(14)8-16/h3-6,11,13,18H,7,9-10H2,1-2H3,(H,17,19). The highest BCUT2D eigenvalue weighted by Gasteiger charge is 2.10. The number of amides is 1. The van der Waals surface area contributed by atoms with Crippen LogP contribution in [0.1, 0.15) is 25.8 Å². The zero-order chi connectivity index (χ0) is 15.0. The van der Waals surface area contributed by atoms with Gasteiger partial charge in [-0.05, 0) is 24.5 Å². The van der Waals surface area contributed by atoms with Gasteiger partial charge in [0.05, 0.1) is 11.7 Å². The molecule has 0 bridgehead atoms. The maximum atomic E-state index is 11.6. The number of nitrogens with zero attached hydrogens (tertiary/aromatic N) is 1. The summed E-state index contributed by atoms with van der Waals surface area (Å²) in [6, 6.07) is 8.72. The molecule has 1 unspecified atom stereocenters. The van der Waals surface area contributed by atoms with E-state index < -0.39 is 6.10 Å². The first-order chi connectivity index (χ1) is 9.52. The van der Waals surface area contributed by atoms with Gasteiger partial charge in [-0.25, -0.2) is 0 Å². The van der Waals surface area contributed by atoms with Crippen LogP contribution in [0.3, 0.4) is 0 Å². The average molecular weight is 276 g/mol. The van der Waals surface area contributed by atoms with E-state index in [9.17, 15) is 9.90 Å². The van der Waals surface area contributed by atoms with E-state index in [0.29, 0.717) is 23.7 Å². The SMILES string of the molecule is CC(C)CC(O)CNC(=O)COc1ccccc1C#N. The summed E-state index contributed by atoms with van der Waals surface area (Å²) < 4.78 is 5.29. The van der Waals surface area contributed by atoms with E-state index in [-0.39, 0.29) is 19.1 Å². The Morgan fingerprint density at radius 3 is 2.80 bits per heavy atom. The maximum Gasteiger partial charge on any atom is 0.258 e. The van der Waals surface area contributed by atoms with Crippen molar-refractivity contribution in [2.45, 2.75) is 26.4 Å². The zero-order valence-corrected chi connectivity index (χ0v) is 11.8. The summed E-state index contributed by atoms with van der Waals surface area (Å²) in [7, 11) is 0. The lowest BCUT2D eigenvalue weighted by atomic mass is 10.1. The second kappa shape index (κ2) is 8.18. The predicted octanol–water partition coefficient (Wildman–Crippen LogP) is 1.46. The molecule has 0 saturated heterocycles. The third-order valence-corrected chi connectivity index (χ3v) is 2.64. The molecule has 108 valence electrons. The van der Waals surface area contributed by atoms with E-state index in [1.807, 2.05) is 19.9 Å². The number of aliphatic hydroxyl groups is 1. The number of nitriles is 1. The van der Waals surface area contributed by atoms with Gasteiger partial charge in [0.1, 0.15) is 11.8 Å². The monoisotopic (exact) mass is 276 g/mol. The fraction of sp³-hybridized carbons (Fsp3) is 0.467. The van der Waals surface area contributed by atoms with Crippen molar-refractivity contribution < 1.29 is 14.6 Å². The van der Waals surface area contributed by atoms with Gasteiger partial charge in [0.15, 0.2) is 6.61 Å². The number of ether oxygens (including phenoxy) is 1. The van der Waals surface area contributed by atoms with Gasteiger partial charge in [-0.3, -0.25) is 4.79 Å². The summed E-state index contributed by atoms with van der Waals surface area (Å²) in [5.74, 6) is 0.439. The molecular formula is C15H20N2O3. The lowest BCUT2D eigenvalue weighted by Crippen LogP contribution is -2.35. The zero-order valence-electron chi connectivity index (χ0n) is 11.8. The average Bonchev–Trinajstić information content (AvgIpc) is 2.42. The molecule has 1 amide bonds. The number of carbonyl (C=O) groups excluding carboxylic acids is 1. The summed E-state index contributed by atoms with van der Waals surface area (Å²) in [6.07, 6.45) is 0.0867. The van der Waals surface area contributed by atoms with Gasteiger partial charge >= 0.3 is 0 Å². The van der Waals surface area contributed by atoms with E-state index in [0.717, 1.165) is 0 Å².